The van der Waals surface area contributed by atoms with E-state index < -0.39 is 60.1 Å². The number of hydrogen-bond acceptors (Lipinski definition) is 8. The summed E-state index contributed by atoms with van der Waals surface area (Å²) in [6, 6.07) is 0. The third kappa shape index (κ3) is 4.88. The zero-order valence-corrected chi connectivity index (χ0v) is 13.0. The van der Waals surface area contributed by atoms with Crippen molar-refractivity contribution in [1.29, 1.82) is 0 Å². The van der Waals surface area contributed by atoms with Gasteiger partial charge in [-0.25, -0.2) is 0 Å². The van der Waals surface area contributed by atoms with Crippen molar-refractivity contribution in [2.75, 3.05) is 13.2 Å². The summed E-state index contributed by atoms with van der Waals surface area (Å²) in [4.78, 5) is -0.537. The van der Waals surface area contributed by atoms with Gasteiger partial charge in [-0.1, -0.05) is 0 Å². The van der Waals surface area contributed by atoms with E-state index in [9.17, 15) is 28.8 Å². The third-order valence-electron chi connectivity index (χ3n) is 3.01. The van der Waals surface area contributed by atoms with Crippen molar-refractivity contribution in [3.8, 4) is 0 Å². The van der Waals surface area contributed by atoms with Crippen molar-refractivity contribution in [2.24, 2.45) is 0 Å². The van der Waals surface area contributed by atoms with E-state index in [0.717, 1.165) is 0 Å². The second-order valence-electron chi connectivity index (χ2n) is 4.46. The first-order valence-corrected chi connectivity index (χ1v) is 10.5. The molecule has 5 atom stereocenters. The molecule has 121 valence electrons. The Hall–Kier alpha value is 0.189. The fourth-order valence-corrected chi connectivity index (χ4v) is 8.17. The molecule has 1 fully saturated rings. The van der Waals surface area contributed by atoms with Crippen LogP contribution in [0, 0.1) is 0 Å². The van der Waals surface area contributed by atoms with E-state index in [1.165, 1.54) is 0 Å². The van der Waals surface area contributed by atoms with Gasteiger partial charge in [0.05, 0.1) is 0 Å². The Morgan fingerprint density at radius 3 is 2.35 bits per heavy atom. The van der Waals surface area contributed by atoms with Crippen LogP contribution in [0.3, 0.4) is 0 Å². The Morgan fingerprint density at radius 1 is 1.30 bits per heavy atom. The zero-order chi connectivity index (χ0) is 15.5. The van der Waals surface area contributed by atoms with Gasteiger partial charge in [0.25, 0.3) is 0 Å². The number of hydrogen-bond donors (Lipinski definition) is 6. The van der Waals surface area contributed by atoms with Crippen LogP contribution < -0.4 is 0 Å². The summed E-state index contributed by atoms with van der Waals surface area (Å²) in [6.45, 7) is -1.17. The molecule has 0 aromatic rings. The van der Waals surface area contributed by atoms with Gasteiger partial charge in [-0.15, -0.1) is 0 Å². The Balaban J connectivity index is 2.66. The van der Waals surface area contributed by atoms with Crippen LogP contribution in [0.4, 0.5) is 0 Å². The predicted octanol–water partition coefficient (Wildman–Crippen LogP) is -2.88. The maximum absolute atomic E-state index is 10.6. The molecule has 20 heavy (non-hydrogen) atoms. The molecule has 0 unspecified atom stereocenters. The minimum absolute atomic E-state index is 0.0140. The molecule has 11 heteroatoms. The van der Waals surface area contributed by atoms with Crippen molar-refractivity contribution in [2.45, 2.75) is 39.9 Å². The number of rotatable bonds is 7. The molecule has 0 aromatic heterocycles. The summed E-state index contributed by atoms with van der Waals surface area (Å²) in [5, 5.41) is 47.4. The fourth-order valence-electron chi connectivity index (χ4n) is 1.99. The second kappa shape index (κ2) is 7.45. The van der Waals surface area contributed by atoms with Crippen molar-refractivity contribution in [3.05, 3.63) is 0 Å². The van der Waals surface area contributed by atoms with Crippen LogP contribution in [0.1, 0.15) is 0 Å². The molecular formula is C9H19O9SSe. The second-order valence-corrected chi connectivity index (χ2v) is 10.4. The monoisotopic (exact) mass is 383 g/mol. The number of aliphatic hydroxyl groups is 5. The van der Waals surface area contributed by atoms with E-state index in [-0.39, 0.29) is 17.2 Å². The van der Waals surface area contributed by atoms with Crippen LogP contribution in [0.5, 0.6) is 0 Å². The van der Waals surface area contributed by atoms with E-state index in [0.29, 0.717) is 0 Å². The molecule has 0 bridgehead atoms. The van der Waals surface area contributed by atoms with E-state index in [1.54, 1.807) is 0 Å². The van der Waals surface area contributed by atoms with Gasteiger partial charge in [-0.2, -0.15) is 0 Å². The van der Waals surface area contributed by atoms with E-state index in [1.807, 2.05) is 0 Å². The molecule has 0 saturated carbocycles. The van der Waals surface area contributed by atoms with Gasteiger partial charge >= 0.3 is 120 Å². The van der Waals surface area contributed by atoms with Gasteiger partial charge < -0.3 is 0 Å². The summed E-state index contributed by atoms with van der Waals surface area (Å²) >= 11 is -1.82. The molecule has 6 N–H and O–H groups in total. The Morgan fingerprint density at radius 2 is 1.90 bits per heavy atom. The third-order valence-corrected chi connectivity index (χ3v) is 9.42. The van der Waals surface area contributed by atoms with Crippen LogP contribution in [-0.4, -0.2) is 90.0 Å². The summed E-state index contributed by atoms with van der Waals surface area (Å²) in [5.74, 6) is 0. The average molecular weight is 382 g/mol. The maximum atomic E-state index is 10.6. The van der Waals surface area contributed by atoms with Gasteiger partial charge in [0, 0.05) is 0 Å². The Kier molecular flexibility index (Phi) is 6.80. The van der Waals surface area contributed by atoms with Gasteiger partial charge in [0.2, 0.25) is 0 Å². The molecule has 1 rings (SSSR count). The van der Waals surface area contributed by atoms with Gasteiger partial charge in [-0.05, 0) is 0 Å². The topological polar surface area (TPSA) is 165 Å². The van der Waals surface area contributed by atoms with Crippen LogP contribution in [-0.2, 0) is 14.6 Å². The van der Waals surface area contributed by atoms with Crippen molar-refractivity contribution < 1.29 is 42.7 Å². The molecule has 0 aromatic carbocycles. The molecule has 9 nitrogen and oxygen atoms in total. The molecule has 1 heterocycles. The fraction of sp³-hybridized carbons (Fsp3) is 1.00. The first-order chi connectivity index (χ1) is 9.19. The van der Waals surface area contributed by atoms with E-state index in [4.69, 9.17) is 9.66 Å². The van der Waals surface area contributed by atoms with Crippen LogP contribution in [0.15, 0.2) is 0 Å². The zero-order valence-electron chi connectivity index (χ0n) is 10.4. The first kappa shape index (κ1) is 18.2. The normalized spacial score (nSPS) is 31.4. The standard InChI is InChI=1S/C9H19O9SSe/c10-1-7(18-19(15,16)17)5(12)3-20-4-6(13)9(14)8(20)2-11/h5-14H,1-4H2,(H,15,16,17)/t5-,6-,7+,8-,9+/m1/s1. The minimum atomic E-state index is -4.81. The Labute approximate surface area is 120 Å². The molecule has 1 saturated heterocycles. The molecular weight excluding hydrogens is 363 g/mol. The SMILES string of the molecule is O=S(=O)(O)O[C@@H](CO)[C@H](O)C[Se]1C[C@@H](O)[C@H](O)[C@H]1CO. The molecule has 0 amide bonds. The van der Waals surface area contributed by atoms with Crippen LogP contribution in [0.2, 0.25) is 15.5 Å². The van der Waals surface area contributed by atoms with Gasteiger partial charge in [0.1, 0.15) is 0 Å². The van der Waals surface area contributed by atoms with E-state index >= 15 is 0 Å². The molecule has 1 radical (unpaired) electrons. The number of aliphatic hydroxyl groups excluding tert-OH is 5. The van der Waals surface area contributed by atoms with Gasteiger partial charge in [0.15, 0.2) is 0 Å². The van der Waals surface area contributed by atoms with Crippen LogP contribution in [0.25, 0.3) is 0 Å². The van der Waals surface area contributed by atoms with Crippen LogP contribution >= 0.6 is 0 Å². The average Bonchev–Trinajstić information content (AvgIpc) is 2.60. The molecule has 1 aliphatic heterocycles. The first-order valence-electron chi connectivity index (χ1n) is 5.77. The summed E-state index contributed by atoms with van der Waals surface area (Å²) in [7, 11) is -4.81. The molecule has 0 spiro atoms. The Bertz CT molecular complexity index is 402. The molecule has 0 aliphatic carbocycles. The van der Waals surface area contributed by atoms with E-state index in [2.05, 4.69) is 4.18 Å². The summed E-state index contributed by atoms with van der Waals surface area (Å²) < 4.78 is 33.8. The van der Waals surface area contributed by atoms with Crippen molar-refractivity contribution in [1.82, 2.24) is 0 Å². The van der Waals surface area contributed by atoms with Crippen molar-refractivity contribution >= 4 is 24.3 Å². The molecule has 1 aliphatic rings. The van der Waals surface area contributed by atoms with Gasteiger partial charge in [-0.3, -0.25) is 0 Å². The van der Waals surface area contributed by atoms with Crippen molar-refractivity contribution in [3.63, 3.8) is 0 Å². The summed E-state index contributed by atoms with van der Waals surface area (Å²) in [5.41, 5.74) is 0. The predicted molar refractivity (Wildman–Crippen MR) is 67.7 cm³/mol. The quantitative estimate of drug-likeness (QED) is 0.200. The summed E-state index contributed by atoms with van der Waals surface area (Å²) in [6.07, 6.45) is -4.98.